The molecule has 0 saturated heterocycles. The number of nitrogens with two attached hydrogens (primary N) is 2. The molecule has 1 heterocycles. The summed E-state index contributed by atoms with van der Waals surface area (Å²) in [6.45, 7) is 1.88. The molecule has 0 aliphatic carbocycles. The normalized spacial score (nSPS) is 12.1. The second-order valence-electron chi connectivity index (χ2n) is 3.99. The molecule has 1 aromatic carbocycles. The smallest absolute Gasteiger partial charge is 0.276 e. The molecule has 1 atom stereocenters. The number of H-pyrrole nitrogens is 1. The Kier molecular flexibility index (Phi) is 3.29. The Labute approximate surface area is 104 Å². The lowest BCUT2D eigenvalue weighted by Gasteiger charge is -2.14. The number of nitrogens with zero attached hydrogens (tertiary/aromatic N) is 1. The van der Waals surface area contributed by atoms with Crippen molar-refractivity contribution in [1.82, 2.24) is 9.97 Å². The molecule has 0 aliphatic heterocycles. The van der Waals surface area contributed by atoms with E-state index >= 15 is 0 Å². The molecule has 6 heteroatoms. The summed E-state index contributed by atoms with van der Waals surface area (Å²) in [7, 11) is 0. The third kappa shape index (κ3) is 2.33. The van der Waals surface area contributed by atoms with E-state index in [2.05, 4.69) is 15.3 Å². The molecular weight excluding hydrogens is 230 g/mol. The predicted octanol–water partition coefficient (Wildman–Crippen LogP) is 1.12. The molecule has 6 N–H and O–H groups in total. The van der Waals surface area contributed by atoms with E-state index in [1.54, 1.807) is 0 Å². The first-order chi connectivity index (χ1) is 8.59. The van der Waals surface area contributed by atoms with E-state index in [-0.39, 0.29) is 17.3 Å². The van der Waals surface area contributed by atoms with Crippen molar-refractivity contribution in [1.29, 1.82) is 0 Å². The largest absolute Gasteiger partial charge is 0.391 e. The van der Waals surface area contributed by atoms with Crippen molar-refractivity contribution in [2.45, 2.75) is 13.0 Å². The van der Waals surface area contributed by atoms with Gasteiger partial charge in [-0.3, -0.25) is 4.79 Å². The van der Waals surface area contributed by atoms with Crippen LogP contribution in [-0.2, 0) is 0 Å². The summed E-state index contributed by atoms with van der Waals surface area (Å²) in [5.41, 5.74) is 12.9. The summed E-state index contributed by atoms with van der Waals surface area (Å²) in [4.78, 5) is 17.8. The first-order valence-electron chi connectivity index (χ1n) is 5.54. The zero-order valence-corrected chi connectivity index (χ0v) is 9.97. The van der Waals surface area contributed by atoms with Crippen molar-refractivity contribution in [2.75, 3.05) is 11.1 Å². The molecule has 0 amide bonds. The van der Waals surface area contributed by atoms with Crippen molar-refractivity contribution in [2.24, 2.45) is 5.73 Å². The van der Waals surface area contributed by atoms with Crippen molar-refractivity contribution in [3.8, 4) is 0 Å². The average Bonchev–Trinajstić information content (AvgIpc) is 2.35. The highest BCUT2D eigenvalue weighted by molar-refractivity contribution is 5.69. The van der Waals surface area contributed by atoms with Gasteiger partial charge in [-0.25, -0.2) is 4.98 Å². The number of hydrogen-bond acceptors (Lipinski definition) is 5. The Balaban J connectivity index is 2.40. The number of nitrogen functional groups attached to an aromatic ring is 1. The van der Waals surface area contributed by atoms with Crippen LogP contribution in [0.1, 0.15) is 18.5 Å². The summed E-state index contributed by atoms with van der Waals surface area (Å²) in [6, 6.07) is 7.42. The number of para-hydroxylation sites is 1. The highest BCUT2D eigenvalue weighted by Gasteiger charge is 2.09. The molecule has 0 spiro atoms. The molecule has 2 rings (SSSR count). The van der Waals surface area contributed by atoms with Crippen LogP contribution in [0.15, 0.2) is 35.4 Å². The summed E-state index contributed by atoms with van der Waals surface area (Å²) >= 11 is 0. The van der Waals surface area contributed by atoms with Crippen LogP contribution in [0.25, 0.3) is 0 Å². The van der Waals surface area contributed by atoms with Gasteiger partial charge in [0.15, 0.2) is 5.82 Å². The standard InChI is InChI=1S/C12H15N5O/c1-7(13)8-4-2-3-5-9(8)17-11-10(14)12(18)16-6-15-11/h2-7H,13-14H2,1H3,(H2,15,16,17,18). The Morgan fingerprint density at radius 3 is 2.83 bits per heavy atom. The van der Waals surface area contributed by atoms with Gasteiger partial charge in [-0.15, -0.1) is 0 Å². The minimum atomic E-state index is -0.370. The number of benzene rings is 1. The van der Waals surface area contributed by atoms with Crippen LogP contribution in [0.5, 0.6) is 0 Å². The Hall–Kier alpha value is -2.34. The van der Waals surface area contributed by atoms with Crippen LogP contribution in [0.4, 0.5) is 17.2 Å². The quantitative estimate of drug-likeness (QED) is 0.647. The topological polar surface area (TPSA) is 110 Å². The molecule has 18 heavy (non-hydrogen) atoms. The lowest BCUT2D eigenvalue weighted by molar-refractivity contribution is 0.820. The van der Waals surface area contributed by atoms with E-state index in [4.69, 9.17) is 11.5 Å². The fourth-order valence-corrected chi connectivity index (χ4v) is 1.65. The zero-order valence-electron chi connectivity index (χ0n) is 9.97. The maximum atomic E-state index is 11.4. The number of aromatic amines is 1. The van der Waals surface area contributed by atoms with Crippen molar-refractivity contribution < 1.29 is 0 Å². The van der Waals surface area contributed by atoms with Crippen LogP contribution in [0, 0.1) is 0 Å². The second-order valence-corrected chi connectivity index (χ2v) is 3.99. The summed E-state index contributed by atoms with van der Waals surface area (Å²) in [5.74, 6) is 0.326. The number of aromatic nitrogens is 2. The summed E-state index contributed by atoms with van der Waals surface area (Å²) in [5, 5.41) is 3.03. The van der Waals surface area contributed by atoms with E-state index in [0.717, 1.165) is 11.3 Å². The SMILES string of the molecule is CC(N)c1ccccc1Nc1nc[nH]c(=O)c1N. The number of hydrogen-bond donors (Lipinski definition) is 4. The highest BCUT2D eigenvalue weighted by atomic mass is 16.1. The van der Waals surface area contributed by atoms with Gasteiger partial charge in [-0.1, -0.05) is 18.2 Å². The minimum Gasteiger partial charge on any atom is -0.391 e. The van der Waals surface area contributed by atoms with Crippen molar-refractivity contribution in [3.63, 3.8) is 0 Å². The van der Waals surface area contributed by atoms with Crippen molar-refractivity contribution >= 4 is 17.2 Å². The highest BCUT2D eigenvalue weighted by Crippen LogP contribution is 2.24. The van der Waals surface area contributed by atoms with E-state index in [1.807, 2.05) is 31.2 Å². The predicted molar refractivity (Wildman–Crippen MR) is 71.6 cm³/mol. The second kappa shape index (κ2) is 4.89. The Bertz CT molecular complexity index is 605. The van der Waals surface area contributed by atoms with E-state index in [1.165, 1.54) is 6.33 Å². The van der Waals surface area contributed by atoms with Gasteiger partial charge in [0, 0.05) is 11.7 Å². The van der Waals surface area contributed by atoms with Crippen LogP contribution >= 0.6 is 0 Å². The van der Waals surface area contributed by atoms with Gasteiger partial charge in [0.1, 0.15) is 5.69 Å². The number of nitrogens with one attached hydrogen (secondary N) is 2. The summed E-state index contributed by atoms with van der Waals surface area (Å²) < 4.78 is 0. The van der Waals surface area contributed by atoms with Gasteiger partial charge in [-0.2, -0.15) is 0 Å². The first-order valence-corrected chi connectivity index (χ1v) is 5.54. The van der Waals surface area contributed by atoms with Crippen LogP contribution in [0.3, 0.4) is 0 Å². The molecule has 0 saturated carbocycles. The average molecular weight is 245 g/mol. The van der Waals surface area contributed by atoms with Crippen LogP contribution < -0.4 is 22.3 Å². The van der Waals surface area contributed by atoms with Gasteiger partial charge in [0.2, 0.25) is 0 Å². The van der Waals surface area contributed by atoms with E-state index in [9.17, 15) is 4.79 Å². The molecule has 0 aliphatic rings. The zero-order chi connectivity index (χ0) is 13.1. The lowest BCUT2D eigenvalue weighted by Crippen LogP contribution is -2.15. The number of anilines is 3. The Morgan fingerprint density at radius 1 is 1.39 bits per heavy atom. The monoisotopic (exact) mass is 245 g/mol. The minimum absolute atomic E-state index is 0.0528. The lowest BCUT2D eigenvalue weighted by atomic mass is 10.1. The van der Waals surface area contributed by atoms with Crippen LogP contribution in [-0.4, -0.2) is 9.97 Å². The van der Waals surface area contributed by atoms with Gasteiger partial charge in [-0.05, 0) is 18.6 Å². The van der Waals surface area contributed by atoms with E-state index < -0.39 is 0 Å². The fourth-order valence-electron chi connectivity index (χ4n) is 1.65. The van der Waals surface area contributed by atoms with E-state index in [0.29, 0.717) is 5.82 Å². The van der Waals surface area contributed by atoms with Gasteiger partial charge in [0.05, 0.1) is 6.33 Å². The molecule has 0 radical (unpaired) electrons. The third-order valence-electron chi connectivity index (χ3n) is 2.59. The fraction of sp³-hybridized carbons (Fsp3) is 0.167. The van der Waals surface area contributed by atoms with Gasteiger partial charge >= 0.3 is 0 Å². The molecule has 0 bridgehead atoms. The maximum absolute atomic E-state index is 11.4. The molecule has 0 fully saturated rings. The van der Waals surface area contributed by atoms with Gasteiger partial charge < -0.3 is 21.8 Å². The Morgan fingerprint density at radius 2 is 2.11 bits per heavy atom. The molecule has 2 aromatic rings. The maximum Gasteiger partial charge on any atom is 0.276 e. The van der Waals surface area contributed by atoms with Crippen molar-refractivity contribution in [3.05, 3.63) is 46.5 Å². The molecule has 94 valence electrons. The first kappa shape index (κ1) is 12.1. The van der Waals surface area contributed by atoms with Crippen LogP contribution in [0.2, 0.25) is 0 Å². The molecule has 6 nitrogen and oxygen atoms in total. The molecule has 1 unspecified atom stereocenters. The third-order valence-corrected chi connectivity index (χ3v) is 2.59. The number of rotatable bonds is 3. The van der Waals surface area contributed by atoms with Gasteiger partial charge in [0.25, 0.3) is 5.56 Å². The molecule has 1 aromatic heterocycles. The molecular formula is C12H15N5O. The summed E-state index contributed by atoms with van der Waals surface area (Å²) in [6.07, 6.45) is 1.30.